The normalized spacial score (nSPS) is 12.3. The number of urea groups is 1. The highest BCUT2D eigenvalue weighted by Gasteiger charge is 2.09. The minimum Gasteiger partial charge on any atom is -0.410 e. The summed E-state index contributed by atoms with van der Waals surface area (Å²) in [5.41, 5.74) is 2.89. The zero-order valence-electron chi connectivity index (χ0n) is 12.3. The standard InChI is InChI=1S/C16H13N5O3/c22-16(17-10-6-2-1-3-7-10)19-18-15-13(20-23)11-8-4-5-9-12(11)14(15)21-24/h1-9,23-24H,(H2,17,19,22). The molecule has 24 heavy (non-hydrogen) atoms. The van der Waals surface area contributed by atoms with Gasteiger partial charge in [-0.2, -0.15) is 5.10 Å². The number of amides is 2. The van der Waals surface area contributed by atoms with Crippen molar-refractivity contribution in [3.8, 4) is 0 Å². The van der Waals surface area contributed by atoms with Crippen molar-refractivity contribution in [1.82, 2.24) is 5.43 Å². The average Bonchev–Trinajstić information content (AvgIpc) is 2.93. The summed E-state index contributed by atoms with van der Waals surface area (Å²) in [7, 11) is 0. The molecule has 0 fully saturated rings. The van der Waals surface area contributed by atoms with Crippen molar-refractivity contribution < 1.29 is 15.2 Å². The van der Waals surface area contributed by atoms with Gasteiger partial charge in [-0.1, -0.05) is 52.8 Å². The van der Waals surface area contributed by atoms with Crippen LogP contribution in [0, 0.1) is 0 Å². The van der Waals surface area contributed by atoms with E-state index in [9.17, 15) is 15.2 Å². The molecular weight excluding hydrogens is 310 g/mol. The summed E-state index contributed by atoms with van der Waals surface area (Å²) in [5, 5.41) is 32.8. The Morgan fingerprint density at radius 3 is 1.88 bits per heavy atom. The molecule has 0 spiro atoms. The number of carbonyl (C=O) groups is 1. The summed E-state index contributed by atoms with van der Waals surface area (Å²) in [5.74, 6) is 0. The Balaban J connectivity index is 2.00. The molecule has 0 unspecified atom stereocenters. The third kappa shape index (κ3) is 2.80. The van der Waals surface area contributed by atoms with E-state index in [2.05, 4.69) is 26.2 Å². The number of carbonyl (C=O) groups excluding carboxylic acids is 1. The first kappa shape index (κ1) is 15.2. The SMILES string of the molecule is O=C(NN=c1c(=NO)c2ccccc2c1=NO)Nc1ccccc1. The molecule has 0 aromatic heterocycles. The average molecular weight is 323 g/mol. The molecule has 4 N–H and O–H groups in total. The van der Waals surface area contributed by atoms with Gasteiger partial charge in [0.1, 0.15) is 16.1 Å². The van der Waals surface area contributed by atoms with E-state index < -0.39 is 6.03 Å². The zero-order chi connectivity index (χ0) is 16.9. The Labute approximate surface area is 135 Å². The van der Waals surface area contributed by atoms with Crippen molar-refractivity contribution in [3.63, 3.8) is 0 Å². The van der Waals surface area contributed by atoms with Gasteiger partial charge in [0, 0.05) is 16.5 Å². The molecule has 0 atom stereocenters. The van der Waals surface area contributed by atoms with Crippen LogP contribution in [0.25, 0.3) is 10.8 Å². The van der Waals surface area contributed by atoms with Crippen molar-refractivity contribution >= 4 is 22.5 Å². The summed E-state index contributed by atoms with van der Waals surface area (Å²) in [6.45, 7) is 0. The van der Waals surface area contributed by atoms with Crippen LogP contribution in [0.5, 0.6) is 0 Å². The Morgan fingerprint density at radius 1 is 0.792 bits per heavy atom. The number of fused-ring (bicyclic) bond motifs is 1. The maximum absolute atomic E-state index is 11.9. The fraction of sp³-hybridized carbons (Fsp3) is 0. The number of nitrogens with one attached hydrogen (secondary N) is 2. The fourth-order valence-corrected chi connectivity index (χ4v) is 2.36. The number of rotatable bonds is 2. The Kier molecular flexibility index (Phi) is 4.19. The van der Waals surface area contributed by atoms with E-state index >= 15 is 0 Å². The Morgan fingerprint density at radius 2 is 1.33 bits per heavy atom. The largest absolute Gasteiger partial charge is 0.410 e. The molecule has 0 bridgehead atoms. The fourth-order valence-electron chi connectivity index (χ4n) is 2.36. The lowest BCUT2D eigenvalue weighted by Crippen LogP contribution is -2.38. The summed E-state index contributed by atoms with van der Waals surface area (Å²) in [6, 6.07) is 15.1. The highest BCUT2D eigenvalue weighted by atomic mass is 16.4. The van der Waals surface area contributed by atoms with Crippen LogP contribution in [-0.2, 0) is 0 Å². The van der Waals surface area contributed by atoms with Crippen LogP contribution in [0.1, 0.15) is 0 Å². The van der Waals surface area contributed by atoms with Crippen LogP contribution in [0.3, 0.4) is 0 Å². The molecule has 0 saturated heterocycles. The van der Waals surface area contributed by atoms with E-state index in [-0.39, 0.29) is 16.1 Å². The van der Waals surface area contributed by atoms with Crippen molar-refractivity contribution in [2.45, 2.75) is 0 Å². The minimum absolute atomic E-state index is 0.0596. The third-order valence-corrected chi connectivity index (χ3v) is 3.39. The molecule has 0 heterocycles. The number of para-hydroxylation sites is 1. The molecule has 0 saturated carbocycles. The second-order valence-corrected chi connectivity index (χ2v) is 4.84. The van der Waals surface area contributed by atoms with Crippen molar-refractivity contribution in [1.29, 1.82) is 0 Å². The predicted octanol–water partition coefficient (Wildman–Crippen LogP) is 0.933. The lowest BCUT2D eigenvalue weighted by molar-refractivity contribution is 0.252. The predicted molar refractivity (Wildman–Crippen MR) is 85.2 cm³/mol. The van der Waals surface area contributed by atoms with Crippen LogP contribution >= 0.6 is 0 Å². The maximum Gasteiger partial charge on any atom is 0.339 e. The van der Waals surface area contributed by atoms with Crippen LogP contribution in [0.2, 0.25) is 0 Å². The van der Waals surface area contributed by atoms with E-state index in [1.807, 2.05) is 6.07 Å². The van der Waals surface area contributed by atoms with Gasteiger partial charge >= 0.3 is 6.03 Å². The van der Waals surface area contributed by atoms with Crippen LogP contribution < -0.4 is 26.8 Å². The van der Waals surface area contributed by atoms with Gasteiger partial charge in [0.05, 0.1) is 0 Å². The minimum atomic E-state index is -0.584. The zero-order valence-corrected chi connectivity index (χ0v) is 12.3. The van der Waals surface area contributed by atoms with Crippen LogP contribution in [0.15, 0.2) is 70.0 Å². The van der Waals surface area contributed by atoms with Gasteiger partial charge in [0.25, 0.3) is 0 Å². The molecule has 0 aliphatic rings. The van der Waals surface area contributed by atoms with Gasteiger partial charge in [-0.15, -0.1) is 0 Å². The molecule has 3 aromatic rings. The molecule has 120 valence electrons. The second-order valence-electron chi connectivity index (χ2n) is 4.84. The van der Waals surface area contributed by atoms with Gasteiger partial charge in [-0.3, -0.25) is 0 Å². The molecule has 3 aromatic carbocycles. The second kappa shape index (κ2) is 6.61. The molecule has 8 heteroatoms. The van der Waals surface area contributed by atoms with Gasteiger partial charge in [-0.25, -0.2) is 10.2 Å². The lowest BCUT2D eigenvalue weighted by atomic mass is 10.2. The molecule has 3 rings (SSSR count). The number of hydrogen-bond donors (Lipinski definition) is 4. The monoisotopic (exact) mass is 323 g/mol. The summed E-state index contributed by atoms with van der Waals surface area (Å²) < 4.78 is 0. The van der Waals surface area contributed by atoms with Crippen LogP contribution in [0.4, 0.5) is 10.5 Å². The van der Waals surface area contributed by atoms with Crippen molar-refractivity contribution in [2.24, 2.45) is 15.4 Å². The number of nitrogens with zero attached hydrogens (tertiary/aromatic N) is 3. The van der Waals surface area contributed by atoms with E-state index in [0.29, 0.717) is 16.5 Å². The van der Waals surface area contributed by atoms with Crippen molar-refractivity contribution in [3.05, 3.63) is 70.7 Å². The van der Waals surface area contributed by atoms with Gasteiger partial charge in [0.2, 0.25) is 0 Å². The van der Waals surface area contributed by atoms with Gasteiger partial charge < -0.3 is 15.7 Å². The van der Waals surface area contributed by atoms with E-state index in [1.165, 1.54) is 0 Å². The van der Waals surface area contributed by atoms with E-state index in [4.69, 9.17) is 0 Å². The molecule has 8 nitrogen and oxygen atoms in total. The number of benzene rings is 2. The quantitative estimate of drug-likeness (QED) is 0.415. The Bertz CT molecular complexity index is 997. The first-order valence-corrected chi connectivity index (χ1v) is 6.99. The van der Waals surface area contributed by atoms with Crippen LogP contribution in [-0.4, -0.2) is 16.4 Å². The number of anilines is 1. The molecular formula is C16H13N5O3. The first-order valence-electron chi connectivity index (χ1n) is 6.99. The summed E-state index contributed by atoms with van der Waals surface area (Å²) >= 11 is 0. The highest BCUT2D eigenvalue weighted by Crippen LogP contribution is 2.04. The third-order valence-electron chi connectivity index (χ3n) is 3.39. The van der Waals surface area contributed by atoms with E-state index in [0.717, 1.165) is 0 Å². The summed E-state index contributed by atoms with van der Waals surface area (Å²) in [4.78, 5) is 11.9. The molecule has 2 amide bonds. The van der Waals surface area contributed by atoms with Crippen molar-refractivity contribution in [2.75, 3.05) is 5.32 Å². The maximum atomic E-state index is 11.9. The topological polar surface area (TPSA) is 119 Å². The van der Waals surface area contributed by atoms with Gasteiger partial charge in [-0.05, 0) is 12.1 Å². The first-order chi connectivity index (χ1) is 11.7. The number of hydrogen-bond acceptors (Lipinski definition) is 6. The Hall–Kier alpha value is -3.68. The molecule has 0 radical (unpaired) electrons. The van der Waals surface area contributed by atoms with E-state index in [1.54, 1.807) is 48.5 Å². The lowest BCUT2D eigenvalue weighted by Gasteiger charge is -2.02. The summed E-state index contributed by atoms with van der Waals surface area (Å²) in [6.07, 6.45) is 0. The smallest absolute Gasteiger partial charge is 0.339 e. The van der Waals surface area contributed by atoms with Gasteiger partial charge in [0.15, 0.2) is 0 Å². The molecule has 0 aliphatic carbocycles. The molecule has 0 aliphatic heterocycles. The highest BCUT2D eigenvalue weighted by molar-refractivity contribution is 5.89.